The Balaban J connectivity index is 2.01. The molecule has 5 heteroatoms. The number of rotatable bonds is 1. The Kier molecular flexibility index (Phi) is 4.04. The van der Waals surface area contributed by atoms with Crippen LogP contribution in [0.25, 0.3) is 0 Å². The SMILES string of the molecule is O=C(c1cc(Cl)cc(Cl)c1)N1CCCNc2ccccc21. The molecule has 0 saturated carbocycles. The summed E-state index contributed by atoms with van der Waals surface area (Å²) in [5.41, 5.74) is 2.36. The zero-order chi connectivity index (χ0) is 14.8. The van der Waals surface area contributed by atoms with Crippen molar-refractivity contribution < 1.29 is 4.79 Å². The van der Waals surface area contributed by atoms with Crippen LogP contribution in [0.1, 0.15) is 16.8 Å². The third-order valence-electron chi connectivity index (χ3n) is 3.42. The Labute approximate surface area is 133 Å². The van der Waals surface area contributed by atoms with Crippen LogP contribution in [0.2, 0.25) is 10.0 Å². The Hall–Kier alpha value is -1.71. The molecule has 3 rings (SSSR count). The summed E-state index contributed by atoms with van der Waals surface area (Å²) in [6.07, 6.45) is 0.884. The summed E-state index contributed by atoms with van der Waals surface area (Å²) in [5.74, 6) is -0.0875. The smallest absolute Gasteiger partial charge is 0.258 e. The van der Waals surface area contributed by atoms with Crippen LogP contribution in [0.5, 0.6) is 0 Å². The molecule has 0 fully saturated rings. The van der Waals surface area contributed by atoms with Gasteiger partial charge in [0.2, 0.25) is 0 Å². The van der Waals surface area contributed by atoms with Crippen molar-refractivity contribution in [2.75, 3.05) is 23.3 Å². The maximum Gasteiger partial charge on any atom is 0.258 e. The molecule has 0 atom stereocenters. The van der Waals surface area contributed by atoms with Gasteiger partial charge in [-0.05, 0) is 36.8 Å². The summed E-state index contributed by atoms with van der Waals surface area (Å²) in [6.45, 7) is 1.50. The number of anilines is 2. The average Bonchev–Trinajstić information content (AvgIpc) is 2.68. The lowest BCUT2D eigenvalue weighted by Crippen LogP contribution is -2.31. The summed E-state index contributed by atoms with van der Waals surface area (Å²) < 4.78 is 0. The predicted molar refractivity (Wildman–Crippen MR) is 87.7 cm³/mol. The summed E-state index contributed by atoms with van der Waals surface area (Å²) >= 11 is 12.0. The van der Waals surface area contributed by atoms with E-state index in [1.54, 1.807) is 23.1 Å². The third kappa shape index (κ3) is 2.99. The number of hydrogen-bond donors (Lipinski definition) is 1. The monoisotopic (exact) mass is 320 g/mol. The maximum atomic E-state index is 12.8. The summed E-state index contributed by atoms with van der Waals surface area (Å²) in [4.78, 5) is 14.6. The van der Waals surface area contributed by atoms with Gasteiger partial charge in [0.1, 0.15) is 0 Å². The number of fused-ring (bicyclic) bond motifs is 1. The number of hydrogen-bond acceptors (Lipinski definition) is 2. The number of nitrogens with zero attached hydrogens (tertiary/aromatic N) is 1. The number of amides is 1. The van der Waals surface area contributed by atoms with Crippen molar-refractivity contribution in [3.05, 3.63) is 58.1 Å². The van der Waals surface area contributed by atoms with Crippen LogP contribution < -0.4 is 10.2 Å². The van der Waals surface area contributed by atoms with Crippen molar-refractivity contribution in [1.29, 1.82) is 0 Å². The lowest BCUT2D eigenvalue weighted by atomic mass is 10.1. The Morgan fingerprint density at radius 1 is 1.10 bits per heavy atom. The first-order chi connectivity index (χ1) is 10.1. The molecular formula is C16H14Cl2N2O. The van der Waals surface area contributed by atoms with E-state index in [4.69, 9.17) is 23.2 Å². The molecule has 0 saturated heterocycles. The van der Waals surface area contributed by atoms with Crippen LogP contribution in [-0.4, -0.2) is 19.0 Å². The molecule has 1 aliphatic heterocycles. The van der Waals surface area contributed by atoms with Gasteiger partial charge in [0.15, 0.2) is 0 Å². The molecule has 0 spiro atoms. The molecule has 21 heavy (non-hydrogen) atoms. The van der Waals surface area contributed by atoms with Gasteiger partial charge in [0.25, 0.3) is 5.91 Å². The second-order valence-corrected chi connectivity index (χ2v) is 5.79. The van der Waals surface area contributed by atoms with E-state index >= 15 is 0 Å². The fourth-order valence-electron chi connectivity index (χ4n) is 2.48. The van der Waals surface area contributed by atoms with Gasteiger partial charge < -0.3 is 10.2 Å². The van der Waals surface area contributed by atoms with Gasteiger partial charge in [-0.2, -0.15) is 0 Å². The molecule has 0 unspecified atom stereocenters. The minimum absolute atomic E-state index is 0.0875. The summed E-state index contributed by atoms with van der Waals surface area (Å²) in [6, 6.07) is 12.7. The van der Waals surface area contributed by atoms with E-state index in [0.29, 0.717) is 22.2 Å². The number of benzene rings is 2. The first-order valence-corrected chi connectivity index (χ1v) is 7.51. The van der Waals surface area contributed by atoms with E-state index in [9.17, 15) is 4.79 Å². The summed E-state index contributed by atoms with van der Waals surface area (Å²) in [7, 11) is 0. The molecule has 108 valence electrons. The first-order valence-electron chi connectivity index (χ1n) is 6.76. The number of halogens is 2. The minimum atomic E-state index is -0.0875. The fourth-order valence-corrected chi connectivity index (χ4v) is 3.01. The van der Waals surface area contributed by atoms with Gasteiger partial charge in [-0.15, -0.1) is 0 Å². The van der Waals surface area contributed by atoms with Crippen LogP contribution in [0, 0.1) is 0 Å². The van der Waals surface area contributed by atoms with E-state index in [0.717, 1.165) is 24.3 Å². The topological polar surface area (TPSA) is 32.3 Å². The van der Waals surface area contributed by atoms with Crippen LogP contribution >= 0.6 is 23.2 Å². The van der Waals surface area contributed by atoms with Crippen molar-refractivity contribution in [2.24, 2.45) is 0 Å². The standard InChI is InChI=1S/C16H14Cl2N2O/c17-12-8-11(9-13(18)10-12)16(21)20-7-3-6-19-14-4-1-2-5-15(14)20/h1-2,4-5,8-10,19H,3,6-7H2. The van der Waals surface area contributed by atoms with E-state index in [2.05, 4.69) is 5.32 Å². The average molecular weight is 321 g/mol. The predicted octanol–water partition coefficient (Wildman–Crippen LogP) is 4.46. The molecule has 1 heterocycles. The van der Waals surface area contributed by atoms with E-state index in [1.165, 1.54) is 0 Å². The van der Waals surface area contributed by atoms with Gasteiger partial charge in [0.05, 0.1) is 11.4 Å². The molecule has 1 N–H and O–H groups in total. The van der Waals surface area contributed by atoms with Crippen LogP contribution in [0.4, 0.5) is 11.4 Å². The zero-order valence-electron chi connectivity index (χ0n) is 11.3. The molecule has 0 bridgehead atoms. The van der Waals surface area contributed by atoms with E-state index in [1.807, 2.05) is 24.3 Å². The Bertz CT molecular complexity index is 667. The molecule has 2 aromatic carbocycles. The van der Waals surface area contributed by atoms with Gasteiger partial charge in [-0.1, -0.05) is 35.3 Å². The first kappa shape index (κ1) is 14.2. The second-order valence-electron chi connectivity index (χ2n) is 4.91. The molecular weight excluding hydrogens is 307 g/mol. The molecule has 0 aliphatic carbocycles. The highest BCUT2D eigenvalue weighted by Gasteiger charge is 2.22. The number of carbonyl (C=O) groups is 1. The highest BCUT2D eigenvalue weighted by atomic mass is 35.5. The quantitative estimate of drug-likeness (QED) is 0.841. The number of carbonyl (C=O) groups excluding carboxylic acids is 1. The number of nitrogens with one attached hydrogen (secondary N) is 1. The summed E-state index contributed by atoms with van der Waals surface area (Å²) in [5, 5.41) is 4.27. The highest BCUT2D eigenvalue weighted by molar-refractivity contribution is 6.35. The maximum absolute atomic E-state index is 12.8. The van der Waals surface area contributed by atoms with Crippen LogP contribution in [-0.2, 0) is 0 Å². The van der Waals surface area contributed by atoms with Crippen molar-refractivity contribution in [3.8, 4) is 0 Å². The lowest BCUT2D eigenvalue weighted by Gasteiger charge is -2.22. The highest BCUT2D eigenvalue weighted by Crippen LogP contribution is 2.30. The largest absolute Gasteiger partial charge is 0.383 e. The fraction of sp³-hybridized carbons (Fsp3) is 0.188. The Morgan fingerprint density at radius 2 is 1.81 bits per heavy atom. The van der Waals surface area contributed by atoms with Gasteiger partial charge >= 0.3 is 0 Å². The van der Waals surface area contributed by atoms with Gasteiger partial charge in [-0.25, -0.2) is 0 Å². The van der Waals surface area contributed by atoms with Gasteiger partial charge in [-0.3, -0.25) is 4.79 Å². The van der Waals surface area contributed by atoms with Crippen molar-refractivity contribution in [3.63, 3.8) is 0 Å². The molecule has 1 aliphatic rings. The van der Waals surface area contributed by atoms with Crippen molar-refractivity contribution in [2.45, 2.75) is 6.42 Å². The molecule has 2 aromatic rings. The van der Waals surface area contributed by atoms with E-state index < -0.39 is 0 Å². The Morgan fingerprint density at radius 3 is 2.57 bits per heavy atom. The number of para-hydroxylation sites is 2. The van der Waals surface area contributed by atoms with Crippen molar-refractivity contribution >= 4 is 40.5 Å². The van der Waals surface area contributed by atoms with Crippen molar-refractivity contribution in [1.82, 2.24) is 0 Å². The van der Waals surface area contributed by atoms with E-state index in [-0.39, 0.29) is 5.91 Å². The molecule has 0 radical (unpaired) electrons. The molecule has 1 amide bonds. The lowest BCUT2D eigenvalue weighted by molar-refractivity contribution is 0.0987. The third-order valence-corrected chi connectivity index (χ3v) is 3.86. The molecule has 0 aromatic heterocycles. The molecule has 3 nitrogen and oxygen atoms in total. The normalized spacial score (nSPS) is 14.1. The second kappa shape index (κ2) is 5.96. The van der Waals surface area contributed by atoms with Crippen LogP contribution in [0.3, 0.4) is 0 Å². The zero-order valence-corrected chi connectivity index (χ0v) is 12.8. The van der Waals surface area contributed by atoms with Crippen LogP contribution in [0.15, 0.2) is 42.5 Å². The minimum Gasteiger partial charge on any atom is -0.383 e. The van der Waals surface area contributed by atoms with Gasteiger partial charge in [0, 0.05) is 28.7 Å².